The van der Waals surface area contributed by atoms with Crippen LogP contribution in [0.1, 0.15) is 40.0 Å². The number of hydrogen-bond acceptors (Lipinski definition) is 3. The van der Waals surface area contributed by atoms with Crippen molar-refractivity contribution < 1.29 is 19.8 Å². The Bertz CT molecular complexity index is 255. The molecule has 0 radical (unpaired) electrons. The number of rotatable bonds is 9. The molecule has 5 heteroatoms. The van der Waals surface area contributed by atoms with Gasteiger partial charge in [0.15, 0.2) is 0 Å². The van der Waals surface area contributed by atoms with Crippen LogP contribution in [0.2, 0.25) is 0 Å². The highest BCUT2D eigenvalue weighted by Gasteiger charge is 2.26. The summed E-state index contributed by atoms with van der Waals surface area (Å²) in [6.07, 6.45) is 2.15. The third-order valence-corrected chi connectivity index (χ3v) is 2.73. The summed E-state index contributed by atoms with van der Waals surface area (Å²) in [4.78, 5) is 23.8. The molecule has 0 saturated carbocycles. The van der Waals surface area contributed by atoms with Crippen molar-refractivity contribution in [2.75, 3.05) is 13.1 Å². The molecule has 0 saturated heterocycles. The van der Waals surface area contributed by atoms with E-state index in [2.05, 4.69) is 0 Å². The van der Waals surface area contributed by atoms with Gasteiger partial charge in [-0.15, -0.1) is 0 Å². The Morgan fingerprint density at radius 1 is 1.12 bits per heavy atom. The van der Waals surface area contributed by atoms with Gasteiger partial charge in [0.25, 0.3) is 0 Å². The first-order valence-electron chi connectivity index (χ1n) is 6.13. The summed E-state index contributed by atoms with van der Waals surface area (Å²) in [7, 11) is 0. The number of nitrogens with zero attached hydrogens (tertiary/aromatic N) is 1. The molecule has 0 rings (SSSR count). The second-order valence-electron chi connectivity index (χ2n) is 4.38. The van der Waals surface area contributed by atoms with Crippen LogP contribution in [0.3, 0.4) is 0 Å². The lowest BCUT2D eigenvalue weighted by Gasteiger charge is -2.29. The van der Waals surface area contributed by atoms with Gasteiger partial charge in [0.05, 0.1) is 5.92 Å². The highest BCUT2D eigenvalue weighted by molar-refractivity contribution is 5.74. The molecule has 0 aliphatic heterocycles. The van der Waals surface area contributed by atoms with Crippen LogP contribution in [0.4, 0.5) is 0 Å². The molecular formula is C12H23NO4. The highest BCUT2D eigenvalue weighted by Crippen LogP contribution is 2.11. The molecule has 0 aliphatic carbocycles. The van der Waals surface area contributed by atoms with Crippen LogP contribution < -0.4 is 0 Å². The van der Waals surface area contributed by atoms with Crippen LogP contribution in [0, 0.1) is 5.92 Å². The van der Waals surface area contributed by atoms with Crippen LogP contribution >= 0.6 is 0 Å². The summed E-state index contributed by atoms with van der Waals surface area (Å²) in [6.45, 7) is 6.41. The summed E-state index contributed by atoms with van der Waals surface area (Å²) in [5, 5.41) is 18.0. The van der Waals surface area contributed by atoms with Gasteiger partial charge in [-0.2, -0.15) is 0 Å². The number of hydrogen-bond donors (Lipinski definition) is 2. The number of carboxylic acids is 2. The van der Waals surface area contributed by atoms with Crippen LogP contribution in [-0.4, -0.2) is 46.2 Å². The first kappa shape index (κ1) is 15.9. The largest absolute Gasteiger partial charge is 0.481 e. The lowest BCUT2D eigenvalue weighted by molar-refractivity contribution is -0.147. The highest BCUT2D eigenvalue weighted by atomic mass is 16.4. The normalized spacial score (nSPS) is 14.6. The summed E-state index contributed by atoms with van der Waals surface area (Å²) < 4.78 is 0. The topological polar surface area (TPSA) is 77.8 Å². The van der Waals surface area contributed by atoms with Crippen LogP contribution in [-0.2, 0) is 9.59 Å². The molecule has 0 amide bonds. The van der Waals surface area contributed by atoms with Crippen molar-refractivity contribution in [1.82, 2.24) is 4.90 Å². The Kier molecular flexibility index (Phi) is 7.54. The molecule has 0 spiro atoms. The van der Waals surface area contributed by atoms with Gasteiger partial charge in [-0.3, -0.25) is 14.5 Å². The second kappa shape index (κ2) is 8.06. The molecule has 2 atom stereocenters. The van der Waals surface area contributed by atoms with Gasteiger partial charge < -0.3 is 10.2 Å². The Hall–Kier alpha value is -1.10. The molecule has 0 aromatic carbocycles. The van der Waals surface area contributed by atoms with E-state index in [9.17, 15) is 9.59 Å². The fourth-order valence-corrected chi connectivity index (χ4v) is 1.83. The fraction of sp³-hybridized carbons (Fsp3) is 0.833. The molecule has 0 aliphatic rings. The average Bonchev–Trinajstić information content (AvgIpc) is 2.24. The maximum atomic E-state index is 11.2. The zero-order valence-corrected chi connectivity index (χ0v) is 10.8. The van der Waals surface area contributed by atoms with E-state index in [1.165, 1.54) is 0 Å². The monoisotopic (exact) mass is 245 g/mol. The molecule has 0 bridgehead atoms. The minimum atomic E-state index is -0.883. The maximum Gasteiger partial charge on any atom is 0.320 e. The lowest BCUT2D eigenvalue weighted by Crippen LogP contribution is -2.44. The molecule has 0 heterocycles. The van der Waals surface area contributed by atoms with Gasteiger partial charge in [0, 0.05) is 6.54 Å². The van der Waals surface area contributed by atoms with Gasteiger partial charge in [-0.25, -0.2) is 0 Å². The van der Waals surface area contributed by atoms with E-state index in [1.54, 1.807) is 11.8 Å². The Morgan fingerprint density at radius 3 is 2.06 bits per heavy atom. The predicted molar refractivity (Wildman–Crippen MR) is 65.0 cm³/mol. The maximum absolute atomic E-state index is 11.2. The van der Waals surface area contributed by atoms with Crippen LogP contribution in [0.25, 0.3) is 0 Å². The lowest BCUT2D eigenvalue weighted by atomic mass is 10.1. The quantitative estimate of drug-likeness (QED) is 0.646. The smallest absolute Gasteiger partial charge is 0.320 e. The van der Waals surface area contributed by atoms with Gasteiger partial charge >= 0.3 is 11.9 Å². The van der Waals surface area contributed by atoms with Crippen molar-refractivity contribution in [3.05, 3.63) is 0 Å². The molecule has 5 nitrogen and oxygen atoms in total. The van der Waals surface area contributed by atoms with Crippen molar-refractivity contribution in [1.29, 1.82) is 0 Å². The third-order valence-electron chi connectivity index (χ3n) is 2.73. The van der Waals surface area contributed by atoms with E-state index in [0.717, 1.165) is 12.8 Å². The van der Waals surface area contributed by atoms with Gasteiger partial charge in [0.2, 0.25) is 0 Å². The number of carboxylic acid groups (broad SMARTS) is 2. The Labute approximate surface area is 102 Å². The predicted octanol–water partition coefficient (Wildman–Crippen LogP) is 1.67. The van der Waals surface area contributed by atoms with Crippen molar-refractivity contribution >= 4 is 11.9 Å². The van der Waals surface area contributed by atoms with E-state index in [0.29, 0.717) is 19.5 Å². The zero-order valence-electron chi connectivity index (χ0n) is 10.8. The molecule has 0 aromatic heterocycles. The summed E-state index contributed by atoms with van der Waals surface area (Å²) in [5.74, 6) is -2.29. The van der Waals surface area contributed by atoms with Gasteiger partial charge in [-0.05, 0) is 19.4 Å². The molecular weight excluding hydrogens is 222 g/mol. The summed E-state index contributed by atoms with van der Waals surface area (Å²) in [5.41, 5.74) is 0. The van der Waals surface area contributed by atoms with E-state index in [-0.39, 0.29) is 0 Å². The molecule has 2 N–H and O–H groups in total. The Balaban J connectivity index is 4.66. The van der Waals surface area contributed by atoms with E-state index < -0.39 is 23.9 Å². The minimum absolute atomic E-state index is 0.292. The summed E-state index contributed by atoms with van der Waals surface area (Å²) in [6, 6.07) is -0.568. The first-order chi connectivity index (χ1) is 7.93. The number of aliphatic carboxylic acids is 2. The van der Waals surface area contributed by atoms with Crippen molar-refractivity contribution in [2.45, 2.75) is 46.1 Å². The van der Waals surface area contributed by atoms with Crippen molar-refractivity contribution in [3.8, 4) is 0 Å². The van der Waals surface area contributed by atoms with E-state index in [4.69, 9.17) is 10.2 Å². The third kappa shape index (κ3) is 5.68. The molecule has 2 unspecified atom stereocenters. The van der Waals surface area contributed by atoms with Crippen LogP contribution in [0.15, 0.2) is 0 Å². The van der Waals surface area contributed by atoms with Crippen LogP contribution in [0.5, 0.6) is 0 Å². The first-order valence-corrected chi connectivity index (χ1v) is 6.13. The SMILES string of the molecule is CCCC(C(=O)O)N(CCC)CC(C)C(=O)O. The molecule has 17 heavy (non-hydrogen) atoms. The molecule has 100 valence electrons. The second-order valence-corrected chi connectivity index (χ2v) is 4.38. The standard InChI is InChI=1S/C12H23NO4/c1-4-6-10(12(16)17)13(7-5-2)8-9(3)11(14)15/h9-10H,4-8H2,1-3H3,(H,14,15)(H,16,17). The summed E-state index contributed by atoms with van der Waals surface area (Å²) >= 11 is 0. The van der Waals surface area contributed by atoms with Gasteiger partial charge in [0.1, 0.15) is 6.04 Å². The fourth-order valence-electron chi connectivity index (χ4n) is 1.83. The average molecular weight is 245 g/mol. The van der Waals surface area contributed by atoms with Gasteiger partial charge in [-0.1, -0.05) is 27.2 Å². The van der Waals surface area contributed by atoms with E-state index >= 15 is 0 Å². The number of carbonyl (C=O) groups is 2. The van der Waals surface area contributed by atoms with E-state index in [1.807, 2.05) is 13.8 Å². The molecule has 0 aromatic rings. The van der Waals surface area contributed by atoms with Crippen molar-refractivity contribution in [3.63, 3.8) is 0 Å². The van der Waals surface area contributed by atoms with Crippen molar-refractivity contribution in [2.24, 2.45) is 5.92 Å². The minimum Gasteiger partial charge on any atom is -0.481 e. The zero-order chi connectivity index (χ0) is 13.4. The molecule has 0 fully saturated rings. The Morgan fingerprint density at radius 2 is 1.71 bits per heavy atom.